The predicted octanol–water partition coefficient (Wildman–Crippen LogP) is 2.90. The molecule has 16 heavy (non-hydrogen) atoms. The number of rotatable bonds is 3. The molecule has 0 amide bonds. The molecule has 1 aliphatic carbocycles. The molecule has 2 heteroatoms. The van der Waals surface area contributed by atoms with E-state index in [9.17, 15) is 0 Å². The molecule has 1 aromatic carbocycles. The Hall–Kier alpha value is -1.02. The highest BCUT2D eigenvalue weighted by atomic mass is 14.9. The molecule has 0 radical (unpaired) electrons. The van der Waals surface area contributed by atoms with Gasteiger partial charge < -0.3 is 11.1 Å². The normalized spacial score (nSPS) is 25.6. The van der Waals surface area contributed by atoms with Gasteiger partial charge in [-0.25, -0.2) is 0 Å². The van der Waals surface area contributed by atoms with Crippen molar-refractivity contribution in [3.63, 3.8) is 0 Å². The van der Waals surface area contributed by atoms with Crippen molar-refractivity contribution >= 4 is 5.69 Å². The molecule has 1 saturated carbocycles. The Morgan fingerprint density at radius 1 is 1.12 bits per heavy atom. The van der Waals surface area contributed by atoms with Gasteiger partial charge in [0, 0.05) is 11.7 Å². The van der Waals surface area contributed by atoms with Crippen LogP contribution in [0.1, 0.15) is 44.1 Å². The minimum atomic E-state index is 0.745. The Morgan fingerprint density at radius 3 is 2.31 bits per heavy atom. The fourth-order valence-corrected chi connectivity index (χ4v) is 2.69. The molecule has 2 rings (SSSR count). The van der Waals surface area contributed by atoms with Gasteiger partial charge in [0.2, 0.25) is 0 Å². The number of nitrogens with two attached hydrogens (primary N) is 1. The smallest absolute Gasteiger partial charge is 0.0314 e. The van der Waals surface area contributed by atoms with Crippen LogP contribution in [0.4, 0.5) is 5.69 Å². The summed E-state index contributed by atoms with van der Waals surface area (Å²) >= 11 is 0. The Bertz CT molecular complexity index is 310. The summed E-state index contributed by atoms with van der Waals surface area (Å²) in [7, 11) is 0. The van der Waals surface area contributed by atoms with Crippen LogP contribution in [0.3, 0.4) is 0 Å². The fraction of sp³-hybridized carbons (Fsp3) is 0.571. The molecule has 2 nitrogen and oxygen atoms in total. The van der Waals surface area contributed by atoms with Gasteiger partial charge in [0.05, 0.1) is 0 Å². The van der Waals surface area contributed by atoms with Crippen LogP contribution in [-0.2, 0) is 0 Å². The van der Waals surface area contributed by atoms with E-state index in [-0.39, 0.29) is 0 Å². The molecule has 1 fully saturated rings. The third-order valence-electron chi connectivity index (χ3n) is 3.63. The van der Waals surface area contributed by atoms with E-state index >= 15 is 0 Å². The Balaban J connectivity index is 1.91. The highest BCUT2D eigenvalue weighted by Crippen LogP contribution is 2.33. The first-order chi connectivity index (χ1) is 7.79. The standard InChI is InChI=1S/C14H22N2/c1-2-16-14-9-5-12(6-10-14)11-3-7-13(15)8-4-11/h3-4,7-8,12,14,16H,2,5-6,9-10,15H2,1H3. The number of benzene rings is 1. The van der Waals surface area contributed by atoms with E-state index in [0.29, 0.717) is 0 Å². The first kappa shape index (κ1) is 11.5. The maximum absolute atomic E-state index is 5.71. The molecule has 0 aliphatic heterocycles. The van der Waals surface area contributed by atoms with Crippen LogP contribution in [0.25, 0.3) is 0 Å². The van der Waals surface area contributed by atoms with Crippen LogP contribution in [0, 0.1) is 0 Å². The van der Waals surface area contributed by atoms with Gasteiger partial charge in [0.25, 0.3) is 0 Å². The van der Waals surface area contributed by atoms with Crippen molar-refractivity contribution in [3.05, 3.63) is 29.8 Å². The highest BCUT2D eigenvalue weighted by Gasteiger charge is 2.21. The van der Waals surface area contributed by atoms with E-state index in [1.54, 1.807) is 0 Å². The molecule has 3 N–H and O–H groups in total. The first-order valence-corrected chi connectivity index (χ1v) is 6.38. The van der Waals surface area contributed by atoms with E-state index in [0.717, 1.165) is 24.2 Å². The van der Waals surface area contributed by atoms with E-state index in [2.05, 4.69) is 24.4 Å². The molecule has 0 aromatic heterocycles. The van der Waals surface area contributed by atoms with E-state index in [1.807, 2.05) is 12.1 Å². The molecule has 1 aliphatic rings. The molecule has 1 aromatic rings. The van der Waals surface area contributed by atoms with Gasteiger partial charge in [-0.3, -0.25) is 0 Å². The van der Waals surface area contributed by atoms with Crippen molar-refractivity contribution < 1.29 is 0 Å². The van der Waals surface area contributed by atoms with Gasteiger partial charge in [-0.1, -0.05) is 19.1 Å². The van der Waals surface area contributed by atoms with Crippen LogP contribution in [0.2, 0.25) is 0 Å². The first-order valence-electron chi connectivity index (χ1n) is 6.38. The van der Waals surface area contributed by atoms with Crippen molar-refractivity contribution in [3.8, 4) is 0 Å². The van der Waals surface area contributed by atoms with E-state index < -0.39 is 0 Å². The fourth-order valence-electron chi connectivity index (χ4n) is 2.69. The molecule has 88 valence electrons. The maximum Gasteiger partial charge on any atom is 0.0314 e. The van der Waals surface area contributed by atoms with Crippen molar-refractivity contribution in [1.29, 1.82) is 0 Å². The zero-order valence-corrected chi connectivity index (χ0v) is 10.1. The second kappa shape index (κ2) is 5.35. The van der Waals surface area contributed by atoms with Gasteiger partial charge in [-0.15, -0.1) is 0 Å². The summed E-state index contributed by atoms with van der Waals surface area (Å²) in [6.07, 6.45) is 5.23. The summed E-state index contributed by atoms with van der Waals surface area (Å²) in [4.78, 5) is 0. The number of hydrogen-bond donors (Lipinski definition) is 2. The molecule has 0 heterocycles. The third kappa shape index (κ3) is 2.76. The number of nitrogens with one attached hydrogen (secondary N) is 1. The Kier molecular flexibility index (Phi) is 3.83. The second-order valence-corrected chi connectivity index (χ2v) is 4.77. The summed E-state index contributed by atoms with van der Waals surface area (Å²) in [5, 5.41) is 3.55. The lowest BCUT2D eigenvalue weighted by molar-refractivity contribution is 0.348. The number of nitrogen functional groups attached to an aromatic ring is 1. The van der Waals surface area contributed by atoms with E-state index in [4.69, 9.17) is 5.73 Å². The van der Waals surface area contributed by atoms with Gasteiger partial charge in [0.15, 0.2) is 0 Å². The van der Waals surface area contributed by atoms with Crippen LogP contribution in [0.15, 0.2) is 24.3 Å². The topological polar surface area (TPSA) is 38.0 Å². The van der Waals surface area contributed by atoms with Gasteiger partial charge in [-0.2, -0.15) is 0 Å². The van der Waals surface area contributed by atoms with Crippen LogP contribution < -0.4 is 11.1 Å². The quantitative estimate of drug-likeness (QED) is 0.766. The maximum atomic E-state index is 5.71. The van der Waals surface area contributed by atoms with Gasteiger partial charge in [0.1, 0.15) is 0 Å². The van der Waals surface area contributed by atoms with Crippen molar-refractivity contribution in [1.82, 2.24) is 5.32 Å². The van der Waals surface area contributed by atoms with Crippen LogP contribution >= 0.6 is 0 Å². The van der Waals surface area contributed by atoms with Crippen molar-refractivity contribution in [2.24, 2.45) is 0 Å². The second-order valence-electron chi connectivity index (χ2n) is 4.77. The van der Waals surface area contributed by atoms with Crippen LogP contribution in [0.5, 0.6) is 0 Å². The Labute approximate surface area is 98.2 Å². The SMILES string of the molecule is CCNC1CCC(c2ccc(N)cc2)CC1. The summed E-state index contributed by atoms with van der Waals surface area (Å²) < 4.78 is 0. The largest absolute Gasteiger partial charge is 0.399 e. The lowest BCUT2D eigenvalue weighted by Gasteiger charge is -2.29. The summed E-state index contributed by atoms with van der Waals surface area (Å²) in [5.74, 6) is 0.746. The molecule has 0 unspecified atom stereocenters. The summed E-state index contributed by atoms with van der Waals surface area (Å²) in [6, 6.07) is 9.16. The number of hydrogen-bond acceptors (Lipinski definition) is 2. The predicted molar refractivity (Wildman–Crippen MR) is 69.5 cm³/mol. The minimum absolute atomic E-state index is 0.745. The molecular weight excluding hydrogens is 196 g/mol. The van der Waals surface area contributed by atoms with Crippen molar-refractivity contribution in [2.75, 3.05) is 12.3 Å². The highest BCUT2D eigenvalue weighted by molar-refractivity contribution is 5.40. The van der Waals surface area contributed by atoms with Gasteiger partial charge >= 0.3 is 0 Å². The zero-order valence-electron chi connectivity index (χ0n) is 10.1. The lowest BCUT2D eigenvalue weighted by atomic mass is 9.82. The van der Waals surface area contributed by atoms with E-state index in [1.165, 1.54) is 31.2 Å². The van der Waals surface area contributed by atoms with Crippen molar-refractivity contribution in [2.45, 2.75) is 44.6 Å². The average Bonchev–Trinajstić information content (AvgIpc) is 2.32. The molecule has 0 bridgehead atoms. The lowest BCUT2D eigenvalue weighted by Crippen LogP contribution is -2.32. The monoisotopic (exact) mass is 218 g/mol. The van der Waals surface area contributed by atoms with Gasteiger partial charge in [-0.05, 0) is 55.8 Å². The number of anilines is 1. The summed E-state index contributed by atoms with van der Waals surface area (Å²) in [5.41, 5.74) is 8.04. The molecule has 0 saturated heterocycles. The summed E-state index contributed by atoms with van der Waals surface area (Å²) in [6.45, 7) is 3.28. The Morgan fingerprint density at radius 2 is 1.75 bits per heavy atom. The average molecular weight is 218 g/mol. The van der Waals surface area contributed by atoms with Crippen LogP contribution in [-0.4, -0.2) is 12.6 Å². The third-order valence-corrected chi connectivity index (χ3v) is 3.63. The molecule has 0 atom stereocenters. The minimum Gasteiger partial charge on any atom is -0.399 e. The zero-order chi connectivity index (χ0) is 11.4. The molecule has 0 spiro atoms. The molecular formula is C14H22N2.